The van der Waals surface area contributed by atoms with Gasteiger partial charge in [0.2, 0.25) is 0 Å². The van der Waals surface area contributed by atoms with Crippen LogP contribution < -0.4 is 15.0 Å². The number of carbonyl (C=O) groups is 1. The minimum absolute atomic E-state index is 0.0438. The van der Waals surface area contributed by atoms with E-state index >= 15 is 0 Å². The molecular formula is C23H22FN3O2S. The number of carbonyl (C=O) groups excluding carboxylic acids is 1. The van der Waals surface area contributed by atoms with E-state index in [4.69, 9.17) is 9.73 Å². The van der Waals surface area contributed by atoms with Crippen LogP contribution in [0.15, 0.2) is 65.0 Å². The maximum Gasteiger partial charge on any atom is 0.261 e. The molecule has 3 aromatic rings. The number of rotatable bonds is 5. The lowest BCUT2D eigenvalue weighted by Gasteiger charge is -2.29. The quantitative estimate of drug-likeness (QED) is 0.675. The Labute approximate surface area is 178 Å². The van der Waals surface area contributed by atoms with Crippen molar-refractivity contribution in [1.82, 2.24) is 5.32 Å². The highest BCUT2D eigenvalue weighted by atomic mass is 32.1. The minimum Gasteiger partial charge on any atom is -0.497 e. The smallest absolute Gasteiger partial charge is 0.261 e. The van der Waals surface area contributed by atoms with Crippen LogP contribution >= 0.6 is 11.3 Å². The Morgan fingerprint density at radius 3 is 2.77 bits per heavy atom. The second kappa shape index (κ2) is 8.67. The molecule has 1 N–H and O–H groups in total. The number of nitrogens with one attached hydrogen (secondary N) is 1. The number of hydrogen-bond acceptors (Lipinski definition) is 5. The summed E-state index contributed by atoms with van der Waals surface area (Å²) in [5.41, 5.74) is 3.54. The first kappa shape index (κ1) is 20.1. The van der Waals surface area contributed by atoms with Crippen LogP contribution in [0.25, 0.3) is 0 Å². The van der Waals surface area contributed by atoms with Crippen molar-refractivity contribution in [2.45, 2.75) is 6.04 Å². The van der Waals surface area contributed by atoms with Crippen LogP contribution in [0.3, 0.4) is 0 Å². The number of benzene rings is 2. The standard InChI is InChI=1S/C23H22FN3O2S/c1-27-17(14-26-23(28)21-4-3-11-30-21)13-25-22(15-5-7-16(24)8-6-15)19-10-9-18(29-2)12-20(19)27/h3-12,17H,13-14H2,1-2H3,(H,26,28). The molecule has 0 spiro atoms. The average molecular weight is 424 g/mol. The number of halogens is 1. The van der Waals surface area contributed by atoms with E-state index in [0.717, 1.165) is 28.3 Å². The molecule has 1 amide bonds. The van der Waals surface area contributed by atoms with Gasteiger partial charge in [-0.25, -0.2) is 4.39 Å². The number of amides is 1. The number of thiophene rings is 1. The summed E-state index contributed by atoms with van der Waals surface area (Å²) in [6.07, 6.45) is 0. The largest absolute Gasteiger partial charge is 0.497 e. The third kappa shape index (κ3) is 4.07. The first-order chi connectivity index (χ1) is 14.6. The van der Waals surface area contributed by atoms with E-state index in [-0.39, 0.29) is 17.8 Å². The molecular weight excluding hydrogens is 401 g/mol. The van der Waals surface area contributed by atoms with E-state index in [1.165, 1.54) is 23.5 Å². The number of nitrogens with zero attached hydrogens (tertiary/aromatic N) is 2. The maximum atomic E-state index is 13.4. The van der Waals surface area contributed by atoms with Crippen molar-refractivity contribution >= 4 is 28.6 Å². The molecule has 1 aliphatic heterocycles. The van der Waals surface area contributed by atoms with Crippen LogP contribution in [-0.4, -0.2) is 44.9 Å². The van der Waals surface area contributed by atoms with Crippen molar-refractivity contribution in [2.24, 2.45) is 4.99 Å². The molecule has 5 nitrogen and oxygen atoms in total. The van der Waals surface area contributed by atoms with Gasteiger partial charge >= 0.3 is 0 Å². The minimum atomic E-state index is -0.283. The first-order valence-electron chi connectivity index (χ1n) is 9.60. The van der Waals surface area contributed by atoms with E-state index in [0.29, 0.717) is 18.0 Å². The van der Waals surface area contributed by atoms with Crippen LogP contribution in [0.4, 0.5) is 10.1 Å². The van der Waals surface area contributed by atoms with Crippen LogP contribution in [0.5, 0.6) is 5.75 Å². The lowest BCUT2D eigenvalue weighted by molar-refractivity contribution is 0.0955. The first-order valence-corrected chi connectivity index (χ1v) is 10.5. The van der Waals surface area contributed by atoms with E-state index in [1.807, 2.05) is 42.8 Å². The number of hydrogen-bond donors (Lipinski definition) is 1. The summed E-state index contributed by atoms with van der Waals surface area (Å²) in [4.78, 5) is 20.1. The lowest BCUT2D eigenvalue weighted by Crippen LogP contribution is -2.43. The molecule has 30 heavy (non-hydrogen) atoms. The zero-order chi connectivity index (χ0) is 21.1. The van der Waals surface area contributed by atoms with Gasteiger partial charge in [-0.2, -0.15) is 0 Å². The van der Waals surface area contributed by atoms with Crippen molar-refractivity contribution in [3.8, 4) is 5.75 Å². The average Bonchev–Trinajstić information content (AvgIpc) is 3.27. The Balaban J connectivity index is 1.66. The number of likely N-dealkylation sites (N-methyl/N-ethyl adjacent to an activating group) is 1. The van der Waals surface area contributed by atoms with Gasteiger partial charge < -0.3 is 15.0 Å². The molecule has 0 radical (unpaired) electrons. The zero-order valence-electron chi connectivity index (χ0n) is 16.8. The van der Waals surface area contributed by atoms with Gasteiger partial charge in [0.1, 0.15) is 11.6 Å². The van der Waals surface area contributed by atoms with E-state index in [2.05, 4.69) is 10.2 Å². The maximum absolute atomic E-state index is 13.4. The fraction of sp³-hybridized carbons (Fsp3) is 0.217. The summed E-state index contributed by atoms with van der Waals surface area (Å²) >= 11 is 1.41. The predicted molar refractivity (Wildman–Crippen MR) is 119 cm³/mol. The van der Waals surface area contributed by atoms with Gasteiger partial charge in [0.25, 0.3) is 5.91 Å². The molecule has 2 aromatic carbocycles. The highest BCUT2D eigenvalue weighted by molar-refractivity contribution is 7.12. The molecule has 4 rings (SSSR count). The Hall–Kier alpha value is -3.19. The van der Waals surface area contributed by atoms with Gasteiger partial charge in [0.15, 0.2) is 0 Å². The third-order valence-electron chi connectivity index (χ3n) is 5.21. The second-order valence-electron chi connectivity index (χ2n) is 7.03. The number of ether oxygens (including phenoxy) is 1. The third-order valence-corrected chi connectivity index (χ3v) is 6.08. The van der Waals surface area contributed by atoms with Crippen LogP contribution in [0.2, 0.25) is 0 Å². The van der Waals surface area contributed by atoms with Crippen molar-refractivity contribution in [3.63, 3.8) is 0 Å². The summed E-state index contributed by atoms with van der Waals surface area (Å²) in [5, 5.41) is 4.90. The Bertz CT molecular complexity index is 1060. The Kier molecular flexibility index (Phi) is 5.81. The summed E-state index contributed by atoms with van der Waals surface area (Å²) in [6.45, 7) is 0.939. The summed E-state index contributed by atoms with van der Waals surface area (Å²) in [7, 11) is 3.62. The fourth-order valence-corrected chi connectivity index (χ4v) is 4.13. The summed E-state index contributed by atoms with van der Waals surface area (Å²) in [5.74, 6) is 0.368. The fourth-order valence-electron chi connectivity index (χ4n) is 3.49. The highest BCUT2D eigenvalue weighted by Crippen LogP contribution is 2.31. The lowest BCUT2D eigenvalue weighted by atomic mass is 10.00. The van der Waals surface area contributed by atoms with E-state index in [1.54, 1.807) is 19.2 Å². The van der Waals surface area contributed by atoms with Gasteiger partial charge in [-0.15, -0.1) is 11.3 Å². The summed E-state index contributed by atoms with van der Waals surface area (Å²) in [6, 6.07) is 15.8. The molecule has 7 heteroatoms. The van der Waals surface area contributed by atoms with Gasteiger partial charge in [-0.05, 0) is 47.8 Å². The SMILES string of the molecule is COc1ccc2c(c1)N(C)C(CNC(=O)c1cccs1)CN=C2c1ccc(F)cc1. The van der Waals surface area contributed by atoms with Crippen molar-refractivity contribution in [1.29, 1.82) is 0 Å². The number of aliphatic imine (C=N–C) groups is 1. The number of benzodiazepines with no additional fused rings is 1. The number of fused-ring (bicyclic) bond motifs is 1. The topological polar surface area (TPSA) is 53.9 Å². The van der Waals surface area contributed by atoms with Crippen molar-refractivity contribution in [2.75, 3.05) is 32.1 Å². The van der Waals surface area contributed by atoms with E-state index < -0.39 is 0 Å². The molecule has 0 saturated heterocycles. The van der Waals surface area contributed by atoms with Gasteiger partial charge in [-0.1, -0.05) is 6.07 Å². The van der Waals surface area contributed by atoms with Crippen LogP contribution in [0, 0.1) is 5.82 Å². The highest BCUT2D eigenvalue weighted by Gasteiger charge is 2.25. The Morgan fingerprint density at radius 2 is 2.07 bits per heavy atom. The summed E-state index contributed by atoms with van der Waals surface area (Å²) < 4.78 is 18.9. The molecule has 0 fully saturated rings. The molecule has 0 aliphatic carbocycles. The number of methoxy groups -OCH3 is 1. The molecule has 2 heterocycles. The molecule has 0 bridgehead atoms. The van der Waals surface area contributed by atoms with Gasteiger partial charge in [0.05, 0.1) is 30.3 Å². The number of anilines is 1. The molecule has 154 valence electrons. The Morgan fingerprint density at radius 1 is 1.27 bits per heavy atom. The molecule has 1 unspecified atom stereocenters. The van der Waals surface area contributed by atoms with Gasteiger partial charge in [0, 0.05) is 36.5 Å². The van der Waals surface area contributed by atoms with Gasteiger partial charge in [-0.3, -0.25) is 9.79 Å². The molecule has 0 saturated carbocycles. The van der Waals surface area contributed by atoms with Crippen LogP contribution in [0.1, 0.15) is 20.8 Å². The van der Waals surface area contributed by atoms with E-state index in [9.17, 15) is 9.18 Å². The van der Waals surface area contributed by atoms with Crippen molar-refractivity contribution in [3.05, 3.63) is 81.8 Å². The van der Waals surface area contributed by atoms with Crippen LogP contribution in [-0.2, 0) is 0 Å². The monoisotopic (exact) mass is 423 g/mol. The second-order valence-corrected chi connectivity index (χ2v) is 7.98. The van der Waals surface area contributed by atoms with Crippen molar-refractivity contribution < 1.29 is 13.9 Å². The predicted octanol–water partition coefficient (Wildman–Crippen LogP) is 3.98. The normalized spacial score (nSPS) is 15.8. The molecule has 1 aliphatic rings. The zero-order valence-corrected chi connectivity index (χ0v) is 17.6. The molecule has 1 aromatic heterocycles. The molecule has 1 atom stereocenters.